The van der Waals surface area contributed by atoms with Gasteiger partial charge in [-0.1, -0.05) is 19.9 Å². The molecule has 3 aliphatic rings. The molecule has 4 amide bonds. The summed E-state index contributed by atoms with van der Waals surface area (Å²) in [7, 11) is 0. The third-order valence-electron chi connectivity index (χ3n) is 9.26. The van der Waals surface area contributed by atoms with Crippen LogP contribution in [-0.4, -0.2) is 88.6 Å². The van der Waals surface area contributed by atoms with Crippen LogP contribution >= 0.6 is 0 Å². The van der Waals surface area contributed by atoms with E-state index in [4.69, 9.17) is 9.47 Å². The standard InChI is InChI=1S/C37H45FN6O6/c1-4-44-31(21-27(41-44)17-23(2)3)37(48)42-12-6-5-11-39-35(46)28-19-24(7-8-29(28)38)25-18-26-22-43(36(47)30-9-10-33(45)40-30)14-16-50-34(26)32(20-25)49-15-13-42/h7-8,18-21,23,30H,4-6,9-17,22H2,1-3H3,(H,39,46)(H,40,45). The summed E-state index contributed by atoms with van der Waals surface area (Å²) in [5.41, 5.74) is 3.20. The van der Waals surface area contributed by atoms with Gasteiger partial charge in [0.2, 0.25) is 11.8 Å². The normalized spacial score (nSPS) is 18.5. The van der Waals surface area contributed by atoms with Crippen LogP contribution in [0.5, 0.6) is 11.5 Å². The van der Waals surface area contributed by atoms with E-state index < -0.39 is 17.8 Å². The van der Waals surface area contributed by atoms with Crippen molar-refractivity contribution in [2.75, 3.05) is 39.4 Å². The molecule has 13 heteroatoms. The van der Waals surface area contributed by atoms with Crippen LogP contribution in [0.3, 0.4) is 0 Å². The molecule has 1 aromatic heterocycles. The Balaban J connectivity index is 1.33. The molecule has 0 radical (unpaired) electrons. The lowest BCUT2D eigenvalue weighted by atomic mass is 9.99. The molecule has 2 aromatic carbocycles. The number of amides is 4. The average molecular weight is 689 g/mol. The number of carbonyl (C=O) groups excluding carboxylic acids is 4. The quantitative estimate of drug-likeness (QED) is 0.415. The van der Waals surface area contributed by atoms with Crippen LogP contribution < -0.4 is 20.1 Å². The summed E-state index contributed by atoms with van der Waals surface area (Å²) in [5.74, 6) is -0.385. The molecule has 0 aliphatic carbocycles. The van der Waals surface area contributed by atoms with Crippen molar-refractivity contribution in [2.24, 2.45) is 5.92 Å². The second-order valence-corrected chi connectivity index (χ2v) is 13.5. The van der Waals surface area contributed by atoms with Gasteiger partial charge in [0, 0.05) is 38.2 Å². The van der Waals surface area contributed by atoms with Crippen molar-refractivity contribution < 1.29 is 33.0 Å². The van der Waals surface area contributed by atoms with Crippen molar-refractivity contribution in [2.45, 2.75) is 72.0 Å². The number of halogens is 1. The maximum atomic E-state index is 15.0. The minimum atomic E-state index is -0.640. The molecular formula is C37H45FN6O6. The van der Waals surface area contributed by atoms with E-state index in [0.717, 1.165) is 12.1 Å². The zero-order valence-corrected chi connectivity index (χ0v) is 28.9. The third kappa shape index (κ3) is 7.76. The Morgan fingerprint density at radius 3 is 2.56 bits per heavy atom. The first-order valence-electron chi connectivity index (χ1n) is 17.6. The van der Waals surface area contributed by atoms with Crippen molar-refractivity contribution in [3.8, 4) is 22.6 Å². The number of fused-ring (bicyclic) bond motifs is 7. The van der Waals surface area contributed by atoms with Crippen LogP contribution in [0.2, 0.25) is 0 Å². The van der Waals surface area contributed by atoms with Crippen LogP contribution in [0.15, 0.2) is 36.4 Å². The Kier molecular flexibility index (Phi) is 10.7. The van der Waals surface area contributed by atoms with E-state index >= 15 is 0 Å². The summed E-state index contributed by atoms with van der Waals surface area (Å²) in [6, 6.07) is 9.30. The van der Waals surface area contributed by atoms with Gasteiger partial charge >= 0.3 is 0 Å². The molecule has 266 valence electrons. The fourth-order valence-electron chi connectivity index (χ4n) is 6.71. The Morgan fingerprint density at radius 1 is 1.00 bits per heavy atom. The zero-order chi connectivity index (χ0) is 35.4. The van der Waals surface area contributed by atoms with E-state index in [0.29, 0.717) is 91.7 Å². The van der Waals surface area contributed by atoms with Gasteiger partial charge in [-0.25, -0.2) is 4.39 Å². The van der Waals surface area contributed by atoms with E-state index in [9.17, 15) is 23.6 Å². The van der Waals surface area contributed by atoms with Crippen molar-refractivity contribution in [3.63, 3.8) is 0 Å². The number of nitrogens with one attached hydrogen (secondary N) is 2. The molecule has 1 unspecified atom stereocenters. The molecule has 3 aromatic rings. The van der Waals surface area contributed by atoms with Gasteiger partial charge in [0.05, 0.1) is 24.3 Å². The first-order valence-corrected chi connectivity index (χ1v) is 17.6. The molecule has 3 aliphatic heterocycles. The van der Waals surface area contributed by atoms with Crippen molar-refractivity contribution in [1.29, 1.82) is 0 Å². The predicted molar refractivity (Wildman–Crippen MR) is 183 cm³/mol. The molecule has 4 bridgehead atoms. The first kappa shape index (κ1) is 34.9. The number of ether oxygens (including phenoxy) is 2. The minimum Gasteiger partial charge on any atom is -0.488 e. The van der Waals surface area contributed by atoms with Gasteiger partial charge in [0.15, 0.2) is 11.5 Å². The summed E-state index contributed by atoms with van der Waals surface area (Å²) in [5, 5.41) is 10.3. The van der Waals surface area contributed by atoms with Gasteiger partial charge in [-0.2, -0.15) is 5.10 Å². The Hall–Kier alpha value is -4.94. The summed E-state index contributed by atoms with van der Waals surface area (Å²) < 4.78 is 29.3. The number of aryl methyl sites for hydroxylation is 1. The van der Waals surface area contributed by atoms with E-state index in [-0.39, 0.29) is 49.6 Å². The topological polar surface area (TPSA) is 135 Å². The maximum Gasteiger partial charge on any atom is 0.272 e. The number of rotatable bonds is 5. The summed E-state index contributed by atoms with van der Waals surface area (Å²) in [6.07, 6.45) is 2.69. The smallest absolute Gasteiger partial charge is 0.272 e. The number of hydrogen-bond acceptors (Lipinski definition) is 7. The highest BCUT2D eigenvalue weighted by Crippen LogP contribution is 2.39. The first-order chi connectivity index (χ1) is 24.1. The SMILES string of the molecule is CCn1nc(CC(C)C)cc1C(=O)N1CCCCNC(=O)c2cc(ccc2F)-c2cc3c(c(c2)OCC1)OCCN(C(=O)C1CCC(=O)N1)C3. The number of aromatic nitrogens is 2. The van der Waals surface area contributed by atoms with E-state index in [1.807, 2.05) is 19.1 Å². The van der Waals surface area contributed by atoms with E-state index in [1.165, 1.54) is 12.1 Å². The number of hydrogen-bond donors (Lipinski definition) is 2. The summed E-state index contributed by atoms with van der Waals surface area (Å²) in [4.78, 5) is 55.8. The molecule has 0 saturated carbocycles. The lowest BCUT2D eigenvalue weighted by Gasteiger charge is -2.24. The van der Waals surface area contributed by atoms with Crippen LogP contribution in [-0.2, 0) is 29.1 Å². The minimum absolute atomic E-state index is 0.0844. The molecule has 50 heavy (non-hydrogen) atoms. The molecular weight excluding hydrogens is 643 g/mol. The van der Waals surface area contributed by atoms with Crippen molar-refractivity contribution >= 4 is 23.6 Å². The van der Waals surface area contributed by atoms with Gasteiger partial charge < -0.3 is 29.9 Å². The van der Waals surface area contributed by atoms with Crippen LogP contribution in [0.25, 0.3) is 11.1 Å². The van der Waals surface area contributed by atoms with Gasteiger partial charge in [0.25, 0.3) is 11.8 Å². The van der Waals surface area contributed by atoms with Crippen molar-refractivity contribution in [3.05, 3.63) is 64.7 Å². The summed E-state index contributed by atoms with van der Waals surface area (Å²) in [6.45, 7) is 8.63. The van der Waals surface area contributed by atoms with Gasteiger partial charge in [-0.3, -0.25) is 23.9 Å². The number of carbonyl (C=O) groups is 4. The third-order valence-corrected chi connectivity index (χ3v) is 9.26. The lowest BCUT2D eigenvalue weighted by molar-refractivity contribution is -0.135. The molecule has 1 atom stereocenters. The Bertz CT molecular complexity index is 1770. The molecule has 1 saturated heterocycles. The fraction of sp³-hybridized carbons (Fsp3) is 0.486. The summed E-state index contributed by atoms with van der Waals surface area (Å²) >= 11 is 0. The van der Waals surface area contributed by atoms with Gasteiger partial charge in [-0.15, -0.1) is 0 Å². The zero-order valence-electron chi connectivity index (χ0n) is 28.9. The molecule has 12 nitrogen and oxygen atoms in total. The van der Waals surface area contributed by atoms with E-state index in [2.05, 4.69) is 29.6 Å². The van der Waals surface area contributed by atoms with Crippen molar-refractivity contribution in [1.82, 2.24) is 30.2 Å². The average Bonchev–Trinajstić information content (AvgIpc) is 3.64. The Morgan fingerprint density at radius 2 is 1.80 bits per heavy atom. The monoisotopic (exact) mass is 688 g/mol. The fourth-order valence-corrected chi connectivity index (χ4v) is 6.71. The van der Waals surface area contributed by atoms with E-state index in [1.54, 1.807) is 26.6 Å². The van der Waals surface area contributed by atoms with Crippen LogP contribution in [0, 0.1) is 11.7 Å². The Labute approximate surface area is 291 Å². The number of nitrogens with zero attached hydrogens (tertiary/aromatic N) is 4. The second kappa shape index (κ2) is 15.3. The van der Waals surface area contributed by atoms with Gasteiger partial charge in [-0.05, 0) is 80.0 Å². The maximum absolute atomic E-state index is 15.0. The predicted octanol–water partition coefficient (Wildman–Crippen LogP) is 3.95. The van der Waals surface area contributed by atoms with Crippen LogP contribution in [0.4, 0.5) is 4.39 Å². The molecule has 1 fully saturated rings. The van der Waals surface area contributed by atoms with Crippen LogP contribution in [0.1, 0.15) is 78.6 Å². The lowest BCUT2D eigenvalue weighted by Crippen LogP contribution is -2.44. The highest BCUT2D eigenvalue weighted by Gasteiger charge is 2.33. The van der Waals surface area contributed by atoms with Gasteiger partial charge in [0.1, 0.15) is 30.8 Å². The molecule has 4 heterocycles. The molecule has 2 N–H and O–H groups in total. The molecule has 6 rings (SSSR count). The number of benzene rings is 2. The second-order valence-electron chi connectivity index (χ2n) is 13.5. The highest BCUT2D eigenvalue weighted by atomic mass is 19.1. The highest BCUT2D eigenvalue weighted by molar-refractivity contribution is 5.96. The largest absolute Gasteiger partial charge is 0.488 e. The molecule has 0 spiro atoms.